The average Bonchev–Trinajstić information content (AvgIpc) is 3.29. The molecule has 0 bridgehead atoms. The van der Waals surface area contributed by atoms with E-state index in [1.807, 2.05) is 0 Å². The van der Waals surface area contributed by atoms with Crippen LogP contribution in [0.4, 0.5) is 0 Å². The molecule has 9 nitrogen and oxygen atoms in total. The Hall–Kier alpha value is -3.46. The van der Waals surface area contributed by atoms with E-state index in [4.69, 9.17) is 28.4 Å². The van der Waals surface area contributed by atoms with Crippen molar-refractivity contribution in [2.24, 2.45) is 11.8 Å². The predicted molar refractivity (Wildman–Crippen MR) is 116 cm³/mol. The Labute approximate surface area is 191 Å². The molecule has 1 aliphatic heterocycles. The second-order valence-electron chi connectivity index (χ2n) is 7.66. The van der Waals surface area contributed by atoms with Gasteiger partial charge in [-0.3, -0.25) is 9.59 Å². The Morgan fingerprint density at radius 3 is 2.21 bits per heavy atom. The molecule has 2 aliphatic rings. The van der Waals surface area contributed by atoms with Gasteiger partial charge in [-0.2, -0.15) is 0 Å². The van der Waals surface area contributed by atoms with Gasteiger partial charge in [0.05, 0.1) is 46.4 Å². The maximum atomic E-state index is 13.4. The second-order valence-corrected chi connectivity index (χ2v) is 7.66. The highest BCUT2D eigenvalue weighted by Crippen LogP contribution is 2.51. The Morgan fingerprint density at radius 2 is 1.67 bits per heavy atom. The Bertz CT molecular complexity index is 1050. The fourth-order valence-electron chi connectivity index (χ4n) is 4.62. The SMILES string of the molecule is CCOC(=O)[C@@H]1[C@H](c2cc(OC)c(OC)c(OC)c2)c2cc3c(cc2C(=O)[C@H]1CO)OCO3. The van der Waals surface area contributed by atoms with Crippen molar-refractivity contribution in [3.05, 3.63) is 41.0 Å². The van der Waals surface area contributed by atoms with Crippen LogP contribution in [0.2, 0.25) is 0 Å². The molecule has 0 saturated carbocycles. The van der Waals surface area contributed by atoms with Crippen LogP contribution in [0.3, 0.4) is 0 Å². The van der Waals surface area contributed by atoms with Crippen LogP contribution in [-0.2, 0) is 9.53 Å². The van der Waals surface area contributed by atoms with Crippen molar-refractivity contribution in [3.63, 3.8) is 0 Å². The summed E-state index contributed by atoms with van der Waals surface area (Å²) in [6.45, 7) is 1.34. The van der Waals surface area contributed by atoms with Crippen molar-refractivity contribution in [1.29, 1.82) is 0 Å². The zero-order chi connectivity index (χ0) is 23.7. The van der Waals surface area contributed by atoms with Crippen LogP contribution in [0.5, 0.6) is 28.7 Å². The summed E-state index contributed by atoms with van der Waals surface area (Å²) in [5.74, 6) is -1.45. The number of ether oxygens (including phenoxy) is 6. The quantitative estimate of drug-likeness (QED) is 0.626. The third-order valence-electron chi connectivity index (χ3n) is 6.08. The summed E-state index contributed by atoms with van der Waals surface area (Å²) in [5, 5.41) is 10.2. The van der Waals surface area contributed by atoms with Crippen molar-refractivity contribution in [3.8, 4) is 28.7 Å². The summed E-state index contributed by atoms with van der Waals surface area (Å²) in [6.07, 6.45) is 0. The molecule has 1 N–H and O–H groups in total. The number of carbonyl (C=O) groups excluding carboxylic acids is 2. The molecular weight excluding hydrogens is 432 g/mol. The number of methoxy groups -OCH3 is 3. The largest absolute Gasteiger partial charge is 0.493 e. The minimum atomic E-state index is -0.999. The number of fused-ring (bicyclic) bond motifs is 2. The summed E-state index contributed by atoms with van der Waals surface area (Å²) >= 11 is 0. The standard InChI is InChI=1S/C24H26O9/c1-5-31-24(27)21-15(10-25)22(26)14-9-17-16(32-11-33-17)8-13(14)20(21)12-6-18(28-2)23(30-4)19(7-12)29-3/h6-9,15,20-21,25H,5,10-11H2,1-4H3/t15-,20+,21-/m0/s1. The summed E-state index contributed by atoms with van der Waals surface area (Å²) in [4.78, 5) is 26.5. The fourth-order valence-corrected chi connectivity index (χ4v) is 4.62. The van der Waals surface area contributed by atoms with Crippen LogP contribution in [0.25, 0.3) is 0 Å². The molecule has 3 atom stereocenters. The van der Waals surface area contributed by atoms with Crippen LogP contribution >= 0.6 is 0 Å². The summed E-state index contributed by atoms with van der Waals surface area (Å²) in [5.41, 5.74) is 1.56. The summed E-state index contributed by atoms with van der Waals surface area (Å²) < 4.78 is 32.8. The van der Waals surface area contributed by atoms with E-state index >= 15 is 0 Å². The number of Topliss-reactive ketones (excluding diaryl/α,β-unsaturated/α-hetero) is 1. The normalized spacial score (nSPS) is 20.8. The van der Waals surface area contributed by atoms with Crippen molar-refractivity contribution in [2.45, 2.75) is 12.8 Å². The zero-order valence-corrected chi connectivity index (χ0v) is 18.9. The average molecular weight is 458 g/mol. The molecule has 0 amide bonds. The predicted octanol–water partition coefficient (Wildman–Crippen LogP) is 2.56. The molecule has 1 heterocycles. The number of hydrogen-bond acceptors (Lipinski definition) is 9. The van der Waals surface area contributed by atoms with Gasteiger partial charge in [-0.15, -0.1) is 0 Å². The van der Waals surface area contributed by atoms with E-state index in [0.29, 0.717) is 45.4 Å². The minimum Gasteiger partial charge on any atom is -0.493 e. The lowest BCUT2D eigenvalue weighted by Gasteiger charge is -2.37. The van der Waals surface area contributed by atoms with Gasteiger partial charge >= 0.3 is 5.97 Å². The number of ketones is 1. The molecular formula is C24H26O9. The number of rotatable bonds is 7. The van der Waals surface area contributed by atoms with Crippen molar-refractivity contribution in [1.82, 2.24) is 0 Å². The molecule has 33 heavy (non-hydrogen) atoms. The van der Waals surface area contributed by atoms with Gasteiger partial charge < -0.3 is 33.5 Å². The third kappa shape index (κ3) is 3.72. The summed E-state index contributed by atoms with van der Waals surface area (Å²) in [7, 11) is 4.49. The smallest absolute Gasteiger partial charge is 0.310 e. The maximum absolute atomic E-state index is 13.4. The number of hydrogen-bond donors (Lipinski definition) is 1. The van der Waals surface area contributed by atoms with Gasteiger partial charge in [0.1, 0.15) is 0 Å². The number of carbonyl (C=O) groups is 2. The number of aliphatic hydroxyl groups excluding tert-OH is 1. The van der Waals surface area contributed by atoms with E-state index in [0.717, 1.165) is 0 Å². The fraction of sp³-hybridized carbons (Fsp3) is 0.417. The van der Waals surface area contributed by atoms with Crippen LogP contribution in [0.1, 0.15) is 34.3 Å². The molecule has 2 aromatic carbocycles. The van der Waals surface area contributed by atoms with Gasteiger partial charge in [-0.25, -0.2) is 0 Å². The monoisotopic (exact) mass is 458 g/mol. The molecule has 0 aromatic heterocycles. The number of aliphatic hydroxyl groups is 1. The molecule has 1 aliphatic carbocycles. The highest BCUT2D eigenvalue weighted by Gasteiger charge is 2.48. The van der Waals surface area contributed by atoms with Gasteiger partial charge in [0.2, 0.25) is 12.5 Å². The Balaban J connectivity index is 1.99. The first-order valence-corrected chi connectivity index (χ1v) is 10.5. The lowest BCUT2D eigenvalue weighted by Crippen LogP contribution is -2.42. The van der Waals surface area contributed by atoms with Gasteiger partial charge in [0, 0.05) is 11.5 Å². The van der Waals surface area contributed by atoms with Crippen LogP contribution < -0.4 is 23.7 Å². The molecule has 0 saturated heterocycles. The first-order valence-electron chi connectivity index (χ1n) is 10.5. The van der Waals surface area contributed by atoms with Crippen LogP contribution in [0.15, 0.2) is 24.3 Å². The molecule has 9 heteroatoms. The third-order valence-corrected chi connectivity index (χ3v) is 6.08. The van der Waals surface area contributed by atoms with Crippen molar-refractivity contribution < 1.29 is 43.1 Å². The van der Waals surface area contributed by atoms with Gasteiger partial charge in [0.25, 0.3) is 0 Å². The molecule has 2 aromatic rings. The molecule has 0 radical (unpaired) electrons. The lowest BCUT2D eigenvalue weighted by atomic mass is 9.66. The van der Waals surface area contributed by atoms with E-state index < -0.39 is 30.3 Å². The molecule has 0 spiro atoms. The topological polar surface area (TPSA) is 110 Å². The Kier molecular flexibility index (Phi) is 6.33. The number of benzene rings is 2. The highest BCUT2D eigenvalue weighted by molar-refractivity contribution is 6.04. The van der Waals surface area contributed by atoms with Crippen molar-refractivity contribution in [2.75, 3.05) is 41.3 Å². The molecule has 0 unspecified atom stereocenters. The van der Waals surface area contributed by atoms with Crippen molar-refractivity contribution >= 4 is 11.8 Å². The lowest BCUT2D eigenvalue weighted by molar-refractivity contribution is -0.150. The Morgan fingerprint density at radius 1 is 1.03 bits per heavy atom. The van der Waals surface area contributed by atoms with Gasteiger partial charge in [0.15, 0.2) is 28.8 Å². The van der Waals surface area contributed by atoms with E-state index in [9.17, 15) is 14.7 Å². The van der Waals surface area contributed by atoms with E-state index in [1.54, 1.807) is 31.2 Å². The zero-order valence-electron chi connectivity index (χ0n) is 18.9. The van der Waals surface area contributed by atoms with E-state index in [2.05, 4.69) is 0 Å². The van der Waals surface area contributed by atoms with Gasteiger partial charge in [-0.05, 0) is 42.3 Å². The molecule has 176 valence electrons. The minimum absolute atomic E-state index is 0.0337. The first kappa shape index (κ1) is 22.7. The first-order chi connectivity index (χ1) is 16.0. The maximum Gasteiger partial charge on any atom is 0.310 e. The van der Waals surface area contributed by atoms with Gasteiger partial charge in [-0.1, -0.05) is 0 Å². The highest BCUT2D eigenvalue weighted by atomic mass is 16.7. The molecule has 0 fully saturated rings. The number of esters is 1. The second kappa shape index (κ2) is 9.19. The van der Waals surface area contributed by atoms with Crippen LogP contribution in [0, 0.1) is 11.8 Å². The van der Waals surface area contributed by atoms with E-state index in [-0.39, 0.29) is 19.2 Å². The van der Waals surface area contributed by atoms with Crippen LogP contribution in [-0.4, -0.2) is 58.2 Å². The summed E-state index contributed by atoms with van der Waals surface area (Å²) in [6, 6.07) is 6.78. The molecule has 4 rings (SSSR count). The van der Waals surface area contributed by atoms with E-state index in [1.165, 1.54) is 21.3 Å².